The van der Waals surface area contributed by atoms with Gasteiger partial charge in [0.15, 0.2) is 0 Å². The summed E-state index contributed by atoms with van der Waals surface area (Å²) < 4.78 is 0. The summed E-state index contributed by atoms with van der Waals surface area (Å²) in [5.41, 5.74) is 2.04. The van der Waals surface area contributed by atoms with Gasteiger partial charge in [0.1, 0.15) is 0 Å². The first-order chi connectivity index (χ1) is 12.1. The van der Waals surface area contributed by atoms with E-state index in [4.69, 9.17) is 5.11 Å². The third kappa shape index (κ3) is 3.74. The number of amides is 4. The lowest BCUT2D eigenvalue weighted by atomic mass is 10.0. The SMILES string of the molecule is O=CN1CCC(N2Cc3ccc(C(=O)NCCO)cc3NC2=O)CC1. The quantitative estimate of drug-likeness (QED) is 0.671. The molecule has 25 heavy (non-hydrogen) atoms. The fourth-order valence-electron chi connectivity index (χ4n) is 3.28. The van der Waals surface area contributed by atoms with Crippen LogP contribution in [0.5, 0.6) is 0 Å². The first kappa shape index (κ1) is 17.2. The zero-order valence-corrected chi connectivity index (χ0v) is 13.9. The zero-order valence-electron chi connectivity index (χ0n) is 13.9. The van der Waals surface area contributed by atoms with Gasteiger partial charge in [-0.1, -0.05) is 6.07 Å². The summed E-state index contributed by atoms with van der Waals surface area (Å²) in [6.07, 6.45) is 2.39. The van der Waals surface area contributed by atoms with Crippen molar-refractivity contribution in [3.05, 3.63) is 29.3 Å². The largest absolute Gasteiger partial charge is 0.395 e. The summed E-state index contributed by atoms with van der Waals surface area (Å²) in [7, 11) is 0. The third-order valence-corrected chi connectivity index (χ3v) is 4.70. The number of likely N-dealkylation sites (tertiary alicyclic amines) is 1. The van der Waals surface area contributed by atoms with Gasteiger partial charge in [0.05, 0.1) is 6.61 Å². The van der Waals surface area contributed by atoms with Crippen molar-refractivity contribution in [2.24, 2.45) is 0 Å². The average Bonchev–Trinajstić information content (AvgIpc) is 2.65. The molecule has 2 aliphatic rings. The molecule has 0 unspecified atom stereocenters. The second-order valence-corrected chi connectivity index (χ2v) is 6.28. The maximum absolute atomic E-state index is 12.5. The fourth-order valence-corrected chi connectivity index (χ4v) is 3.28. The van der Waals surface area contributed by atoms with Crippen molar-refractivity contribution in [2.75, 3.05) is 31.6 Å². The summed E-state index contributed by atoms with van der Waals surface area (Å²) in [5.74, 6) is -0.283. The Morgan fingerprint density at radius 3 is 2.80 bits per heavy atom. The van der Waals surface area contributed by atoms with Crippen LogP contribution in [-0.2, 0) is 11.3 Å². The Kier molecular flexibility index (Phi) is 5.18. The van der Waals surface area contributed by atoms with E-state index in [1.54, 1.807) is 21.9 Å². The van der Waals surface area contributed by atoms with Crippen molar-refractivity contribution in [2.45, 2.75) is 25.4 Å². The van der Waals surface area contributed by atoms with E-state index in [2.05, 4.69) is 10.6 Å². The number of aliphatic hydroxyl groups is 1. The van der Waals surface area contributed by atoms with Gasteiger partial charge in [0.2, 0.25) is 6.41 Å². The van der Waals surface area contributed by atoms with Gasteiger partial charge in [0.25, 0.3) is 5.91 Å². The van der Waals surface area contributed by atoms with Crippen LogP contribution in [0.1, 0.15) is 28.8 Å². The zero-order chi connectivity index (χ0) is 17.8. The highest BCUT2D eigenvalue weighted by Crippen LogP contribution is 2.28. The van der Waals surface area contributed by atoms with Crippen LogP contribution in [0.25, 0.3) is 0 Å². The molecule has 0 radical (unpaired) electrons. The number of fused-ring (bicyclic) bond motifs is 1. The predicted molar refractivity (Wildman–Crippen MR) is 91.1 cm³/mol. The minimum atomic E-state index is -0.283. The molecular formula is C17H22N4O4. The molecule has 1 fully saturated rings. The summed E-state index contributed by atoms with van der Waals surface area (Å²) in [4.78, 5) is 38.8. The number of piperidine rings is 1. The first-order valence-corrected chi connectivity index (χ1v) is 8.41. The van der Waals surface area contributed by atoms with Crippen LogP contribution in [0.4, 0.5) is 10.5 Å². The molecule has 2 aliphatic heterocycles. The monoisotopic (exact) mass is 346 g/mol. The molecule has 0 atom stereocenters. The van der Waals surface area contributed by atoms with Gasteiger partial charge in [0, 0.05) is 43.5 Å². The molecule has 0 aliphatic carbocycles. The number of hydrogen-bond acceptors (Lipinski definition) is 4. The van der Waals surface area contributed by atoms with Gasteiger partial charge in [-0.3, -0.25) is 9.59 Å². The summed E-state index contributed by atoms with van der Waals surface area (Å²) in [6, 6.07) is 5.15. The third-order valence-electron chi connectivity index (χ3n) is 4.70. The maximum atomic E-state index is 12.5. The lowest BCUT2D eigenvalue weighted by Crippen LogP contribution is -2.50. The number of hydrogen-bond donors (Lipinski definition) is 3. The molecule has 1 saturated heterocycles. The number of urea groups is 1. The number of aliphatic hydroxyl groups excluding tert-OH is 1. The van der Waals surface area contributed by atoms with Crippen LogP contribution in [-0.4, -0.2) is 65.5 Å². The number of nitrogens with one attached hydrogen (secondary N) is 2. The molecule has 3 N–H and O–H groups in total. The maximum Gasteiger partial charge on any atom is 0.322 e. The normalized spacial score (nSPS) is 17.7. The first-order valence-electron chi connectivity index (χ1n) is 8.41. The van der Waals surface area contributed by atoms with E-state index in [9.17, 15) is 14.4 Å². The Labute approximate surface area is 145 Å². The van der Waals surface area contributed by atoms with Crippen LogP contribution in [0.15, 0.2) is 18.2 Å². The highest BCUT2D eigenvalue weighted by Gasteiger charge is 2.31. The van der Waals surface area contributed by atoms with Gasteiger partial charge < -0.3 is 25.5 Å². The Balaban J connectivity index is 1.70. The van der Waals surface area contributed by atoms with E-state index < -0.39 is 0 Å². The van der Waals surface area contributed by atoms with Gasteiger partial charge >= 0.3 is 6.03 Å². The van der Waals surface area contributed by atoms with Crippen LogP contribution in [0.2, 0.25) is 0 Å². The molecule has 8 heteroatoms. The molecule has 0 bridgehead atoms. The molecule has 1 aromatic carbocycles. The predicted octanol–water partition coefficient (Wildman–Crippen LogP) is 0.377. The van der Waals surface area contributed by atoms with Crippen molar-refractivity contribution in [3.8, 4) is 0 Å². The van der Waals surface area contributed by atoms with E-state index in [1.807, 2.05) is 6.07 Å². The highest BCUT2D eigenvalue weighted by molar-refractivity contribution is 5.98. The Hall–Kier alpha value is -2.61. The number of anilines is 1. The minimum Gasteiger partial charge on any atom is -0.395 e. The molecule has 0 saturated carbocycles. The van der Waals surface area contributed by atoms with Gasteiger partial charge in [-0.2, -0.15) is 0 Å². The molecule has 134 valence electrons. The smallest absolute Gasteiger partial charge is 0.322 e. The van der Waals surface area contributed by atoms with Crippen LogP contribution >= 0.6 is 0 Å². The van der Waals surface area contributed by atoms with E-state index in [0.29, 0.717) is 30.9 Å². The molecule has 8 nitrogen and oxygen atoms in total. The van der Waals surface area contributed by atoms with Crippen LogP contribution in [0, 0.1) is 0 Å². The van der Waals surface area contributed by atoms with Crippen molar-refractivity contribution in [1.82, 2.24) is 15.1 Å². The number of rotatable bonds is 5. The van der Waals surface area contributed by atoms with Crippen molar-refractivity contribution < 1.29 is 19.5 Å². The van der Waals surface area contributed by atoms with Gasteiger partial charge in [-0.15, -0.1) is 0 Å². The van der Waals surface area contributed by atoms with E-state index in [1.165, 1.54) is 0 Å². The van der Waals surface area contributed by atoms with Gasteiger partial charge in [-0.25, -0.2) is 4.79 Å². The van der Waals surface area contributed by atoms with E-state index in [0.717, 1.165) is 24.8 Å². The molecule has 1 aromatic rings. The Morgan fingerprint density at radius 2 is 2.12 bits per heavy atom. The second-order valence-electron chi connectivity index (χ2n) is 6.28. The van der Waals surface area contributed by atoms with Crippen LogP contribution in [0.3, 0.4) is 0 Å². The summed E-state index contributed by atoms with van der Waals surface area (Å²) in [6.45, 7) is 1.88. The Bertz CT molecular complexity index is 671. The van der Waals surface area contributed by atoms with Crippen LogP contribution < -0.4 is 10.6 Å². The second kappa shape index (κ2) is 7.52. The summed E-state index contributed by atoms with van der Waals surface area (Å²) in [5, 5.41) is 14.2. The summed E-state index contributed by atoms with van der Waals surface area (Å²) >= 11 is 0. The number of carbonyl (C=O) groups excluding carboxylic acids is 3. The topological polar surface area (TPSA) is 102 Å². The van der Waals surface area contributed by atoms with E-state index in [-0.39, 0.29) is 31.1 Å². The van der Waals surface area contributed by atoms with Crippen molar-refractivity contribution in [3.63, 3.8) is 0 Å². The molecule has 0 spiro atoms. The average molecular weight is 346 g/mol. The number of nitrogens with zero attached hydrogens (tertiary/aromatic N) is 2. The number of carbonyl (C=O) groups is 3. The molecule has 2 heterocycles. The fraction of sp³-hybridized carbons (Fsp3) is 0.471. The van der Waals surface area contributed by atoms with Crippen molar-refractivity contribution >= 4 is 24.0 Å². The molecule has 3 rings (SSSR count). The van der Waals surface area contributed by atoms with Crippen molar-refractivity contribution in [1.29, 1.82) is 0 Å². The van der Waals surface area contributed by atoms with Gasteiger partial charge in [-0.05, 0) is 30.5 Å². The number of benzene rings is 1. The van der Waals surface area contributed by atoms with E-state index >= 15 is 0 Å². The minimum absolute atomic E-state index is 0.108. The lowest BCUT2D eigenvalue weighted by Gasteiger charge is -2.39. The standard InChI is InChI=1S/C17H22N4O4/c22-8-5-18-16(24)12-1-2-13-10-21(17(25)19-15(13)9-12)14-3-6-20(11-23)7-4-14/h1-2,9,11,14,22H,3-8,10H2,(H,18,24)(H,19,25). The molecule has 0 aromatic heterocycles. The Morgan fingerprint density at radius 1 is 1.36 bits per heavy atom. The lowest BCUT2D eigenvalue weighted by molar-refractivity contribution is -0.119. The molecule has 4 amide bonds. The molecular weight excluding hydrogens is 324 g/mol. The highest BCUT2D eigenvalue weighted by atomic mass is 16.3.